The van der Waals surface area contributed by atoms with Gasteiger partial charge in [-0.15, -0.1) is 0 Å². The molecule has 1 aliphatic carbocycles. The quantitative estimate of drug-likeness (QED) is 0.157. The van der Waals surface area contributed by atoms with Crippen molar-refractivity contribution >= 4 is 23.9 Å². The van der Waals surface area contributed by atoms with Crippen LogP contribution in [0.15, 0.2) is 109 Å². The standard InChI is InChI=1S/C48H53N3O11/c1-28(50-46(55)57-27-35-33-23-15-13-21-31(33)32-22-14-16-24-34(32)35)26-49-42(52)37(30-19-11-8-12-20-30)51(36(44(54)56-6)25-29-17-9-7-10-18-29)43(53)40-38-39(60-47(2,3)59-38)41-45(58-40)62-48(4,5)61-41/h7-24,28,35-41,45H,25-27H2,1-6H3,(H,49,52)(H,50,55)/t28-,36-,37?,38-,39-,40-,41+,45+/m0/s1. The average Bonchev–Trinajstić information content (AvgIpc) is 3.89. The third kappa shape index (κ3) is 8.83. The smallest absolute Gasteiger partial charge is 0.407 e. The zero-order valence-corrected chi connectivity index (χ0v) is 35.6. The van der Waals surface area contributed by atoms with Crippen LogP contribution in [-0.4, -0.2) is 103 Å². The molecule has 14 nitrogen and oxygen atoms in total. The summed E-state index contributed by atoms with van der Waals surface area (Å²) in [6.45, 7) is 8.73. The minimum Gasteiger partial charge on any atom is -0.467 e. The van der Waals surface area contributed by atoms with E-state index in [1.165, 1.54) is 12.0 Å². The van der Waals surface area contributed by atoms with Crippen molar-refractivity contribution in [3.05, 3.63) is 131 Å². The molecule has 2 N–H and O–H groups in total. The first-order valence-electron chi connectivity index (χ1n) is 21.0. The Hall–Kier alpha value is -5.64. The molecule has 3 saturated heterocycles. The number of ether oxygens (including phenoxy) is 7. The third-order valence-corrected chi connectivity index (χ3v) is 11.7. The van der Waals surface area contributed by atoms with Gasteiger partial charge in [0.05, 0.1) is 7.11 Å². The Morgan fingerprint density at radius 1 is 0.726 bits per heavy atom. The molecule has 4 aliphatic rings. The summed E-state index contributed by atoms with van der Waals surface area (Å²) < 4.78 is 42.5. The van der Waals surface area contributed by atoms with Crippen molar-refractivity contribution in [3.8, 4) is 11.1 Å². The number of fused-ring (bicyclic) bond motifs is 6. The SMILES string of the molecule is COC(=O)[C@H](Cc1ccccc1)N(C(=O)[C@H]1O[C@@H]2OC(C)(C)O[C@@H]2[C@H]2OC(C)(C)O[C@@H]21)C(C(=O)NC[C@H](C)NC(=O)OCC1c2ccccc2-c2ccccc21)c1ccccc1. The van der Waals surface area contributed by atoms with Crippen LogP contribution < -0.4 is 10.6 Å². The Bertz CT molecular complexity index is 2220. The first kappa shape index (κ1) is 43.0. The van der Waals surface area contributed by atoms with Crippen LogP contribution in [0.2, 0.25) is 0 Å². The number of rotatable bonds is 13. The zero-order chi connectivity index (χ0) is 43.8. The maximum atomic E-state index is 15.5. The minimum absolute atomic E-state index is 0.00201. The van der Waals surface area contributed by atoms with E-state index in [9.17, 15) is 14.4 Å². The van der Waals surface area contributed by atoms with Gasteiger partial charge in [-0.3, -0.25) is 9.59 Å². The van der Waals surface area contributed by atoms with Crippen LogP contribution in [0, 0.1) is 0 Å². The molecular weight excluding hydrogens is 795 g/mol. The fraction of sp³-hybridized carbons (Fsp3) is 0.417. The first-order valence-corrected chi connectivity index (χ1v) is 21.0. The molecule has 0 spiro atoms. The van der Waals surface area contributed by atoms with Gasteiger partial charge in [-0.25, -0.2) is 9.59 Å². The van der Waals surface area contributed by atoms with E-state index in [0.29, 0.717) is 11.1 Å². The molecule has 62 heavy (non-hydrogen) atoms. The Labute approximate surface area is 361 Å². The van der Waals surface area contributed by atoms with Gasteiger partial charge in [-0.05, 0) is 68.0 Å². The summed E-state index contributed by atoms with van der Waals surface area (Å²) in [5.41, 5.74) is 5.53. The topological polar surface area (TPSA) is 160 Å². The maximum Gasteiger partial charge on any atom is 0.407 e. The molecule has 3 fully saturated rings. The predicted octanol–water partition coefficient (Wildman–Crippen LogP) is 5.78. The molecule has 326 valence electrons. The highest BCUT2D eigenvalue weighted by molar-refractivity contribution is 5.94. The lowest BCUT2D eigenvalue weighted by atomic mass is 9.93. The Balaban J connectivity index is 1.06. The third-order valence-electron chi connectivity index (χ3n) is 11.7. The minimum atomic E-state index is -1.41. The van der Waals surface area contributed by atoms with Crippen LogP contribution in [0.3, 0.4) is 0 Å². The lowest BCUT2D eigenvalue weighted by Crippen LogP contribution is -2.63. The van der Waals surface area contributed by atoms with Crippen molar-refractivity contribution < 1.29 is 52.3 Å². The number of methoxy groups -OCH3 is 1. The maximum absolute atomic E-state index is 15.5. The fourth-order valence-corrected chi connectivity index (χ4v) is 9.00. The molecule has 3 amide bonds. The number of esters is 1. The van der Waals surface area contributed by atoms with Gasteiger partial charge in [-0.2, -0.15) is 0 Å². The van der Waals surface area contributed by atoms with Crippen molar-refractivity contribution in [3.63, 3.8) is 0 Å². The van der Waals surface area contributed by atoms with Crippen LogP contribution in [0.1, 0.15) is 68.8 Å². The monoisotopic (exact) mass is 847 g/mol. The van der Waals surface area contributed by atoms with Gasteiger partial charge in [0.2, 0.25) is 5.91 Å². The van der Waals surface area contributed by atoms with E-state index in [2.05, 4.69) is 22.8 Å². The number of nitrogens with zero attached hydrogens (tertiary/aromatic N) is 1. The van der Waals surface area contributed by atoms with Crippen molar-refractivity contribution in [2.45, 2.75) is 107 Å². The van der Waals surface area contributed by atoms with Crippen molar-refractivity contribution in [2.24, 2.45) is 0 Å². The van der Waals surface area contributed by atoms with E-state index in [1.807, 2.05) is 66.7 Å². The van der Waals surface area contributed by atoms with Crippen molar-refractivity contribution in [1.82, 2.24) is 15.5 Å². The molecule has 8 atom stereocenters. The van der Waals surface area contributed by atoms with Crippen molar-refractivity contribution in [1.29, 1.82) is 0 Å². The van der Waals surface area contributed by atoms with Crippen LogP contribution in [-0.2, 0) is 54.0 Å². The molecule has 0 saturated carbocycles. The van der Waals surface area contributed by atoms with Crippen LogP contribution in [0.5, 0.6) is 0 Å². The van der Waals surface area contributed by atoms with E-state index in [0.717, 1.165) is 22.3 Å². The molecule has 3 aliphatic heterocycles. The number of alkyl carbamates (subject to hydrolysis) is 1. The van der Waals surface area contributed by atoms with E-state index in [1.54, 1.807) is 65.0 Å². The van der Waals surface area contributed by atoms with Crippen LogP contribution in [0.25, 0.3) is 11.1 Å². The Morgan fingerprint density at radius 2 is 1.29 bits per heavy atom. The summed E-state index contributed by atoms with van der Waals surface area (Å²) >= 11 is 0. The van der Waals surface area contributed by atoms with Crippen molar-refractivity contribution in [2.75, 3.05) is 20.3 Å². The summed E-state index contributed by atoms with van der Waals surface area (Å²) in [7, 11) is 1.23. The number of carbonyl (C=O) groups is 4. The second kappa shape index (κ2) is 17.6. The highest BCUT2D eigenvalue weighted by atomic mass is 16.9. The largest absolute Gasteiger partial charge is 0.467 e. The molecule has 3 heterocycles. The average molecular weight is 848 g/mol. The summed E-state index contributed by atoms with van der Waals surface area (Å²) in [5.74, 6) is -4.43. The predicted molar refractivity (Wildman–Crippen MR) is 225 cm³/mol. The molecule has 14 heteroatoms. The lowest BCUT2D eigenvalue weighted by molar-refractivity contribution is -0.236. The van der Waals surface area contributed by atoms with E-state index < -0.39 is 84.3 Å². The highest BCUT2D eigenvalue weighted by Crippen LogP contribution is 2.46. The fourth-order valence-electron chi connectivity index (χ4n) is 9.00. The van der Waals surface area contributed by atoms with Gasteiger partial charge >= 0.3 is 12.1 Å². The van der Waals surface area contributed by atoms with Crippen LogP contribution >= 0.6 is 0 Å². The number of amides is 3. The molecule has 1 unspecified atom stereocenters. The highest BCUT2D eigenvalue weighted by Gasteiger charge is 2.63. The normalized spacial score (nSPS) is 24.3. The summed E-state index contributed by atoms with van der Waals surface area (Å²) in [6.07, 6.45) is -5.61. The van der Waals surface area contributed by atoms with E-state index in [4.69, 9.17) is 33.2 Å². The lowest BCUT2D eigenvalue weighted by Gasteiger charge is -2.42. The zero-order valence-electron chi connectivity index (χ0n) is 35.6. The van der Waals surface area contributed by atoms with Gasteiger partial charge in [0, 0.05) is 24.9 Å². The number of hydrogen-bond acceptors (Lipinski definition) is 11. The molecule has 4 aromatic carbocycles. The molecule has 0 radical (unpaired) electrons. The molecule has 4 aromatic rings. The molecule has 0 aromatic heterocycles. The second-order valence-electron chi connectivity index (χ2n) is 17.0. The van der Waals surface area contributed by atoms with Gasteiger partial charge < -0.3 is 48.7 Å². The number of nitrogens with one attached hydrogen (secondary N) is 2. The van der Waals surface area contributed by atoms with Gasteiger partial charge in [0.15, 0.2) is 24.0 Å². The van der Waals surface area contributed by atoms with Gasteiger partial charge in [0.25, 0.3) is 5.91 Å². The van der Waals surface area contributed by atoms with E-state index in [-0.39, 0.29) is 25.5 Å². The van der Waals surface area contributed by atoms with Crippen LogP contribution in [0.4, 0.5) is 4.79 Å². The van der Waals surface area contributed by atoms with Gasteiger partial charge in [-0.1, -0.05) is 109 Å². The second-order valence-corrected chi connectivity index (χ2v) is 17.0. The molecular formula is C48H53N3O11. The summed E-state index contributed by atoms with van der Waals surface area (Å²) in [6, 6.07) is 30.6. The number of hydrogen-bond donors (Lipinski definition) is 2. The Morgan fingerprint density at radius 3 is 1.94 bits per heavy atom. The number of carbonyl (C=O) groups excluding carboxylic acids is 4. The van der Waals surface area contributed by atoms with E-state index >= 15 is 4.79 Å². The first-order chi connectivity index (χ1) is 29.7. The summed E-state index contributed by atoms with van der Waals surface area (Å²) in [4.78, 5) is 58.8. The summed E-state index contributed by atoms with van der Waals surface area (Å²) in [5, 5.41) is 5.76. The number of benzene rings is 4. The van der Waals surface area contributed by atoms with Gasteiger partial charge in [0.1, 0.15) is 37.0 Å². The molecule has 8 rings (SSSR count). The molecule has 0 bridgehead atoms. The Kier molecular flexibility index (Phi) is 12.2.